The summed E-state index contributed by atoms with van der Waals surface area (Å²) in [7, 11) is -4.00. The maximum absolute atomic E-state index is 13.2. The number of nitrogens with zero attached hydrogens (tertiary/aromatic N) is 4. The van der Waals surface area contributed by atoms with Gasteiger partial charge in [-0.1, -0.05) is 24.2 Å². The van der Waals surface area contributed by atoms with Crippen molar-refractivity contribution < 1.29 is 17.7 Å². The lowest BCUT2D eigenvalue weighted by atomic mass is 9.99. The topological polar surface area (TPSA) is 96.1 Å². The molecule has 0 aliphatic carbocycles. The Morgan fingerprint density at radius 2 is 1.90 bits per heavy atom. The van der Waals surface area contributed by atoms with Crippen molar-refractivity contribution in [3.05, 3.63) is 41.3 Å². The molecular formula is C20H24N4O4S. The first-order chi connectivity index (χ1) is 13.8. The van der Waals surface area contributed by atoms with E-state index in [1.54, 1.807) is 35.0 Å². The zero-order chi connectivity index (χ0) is 20.8. The van der Waals surface area contributed by atoms with Gasteiger partial charge in [-0.05, 0) is 44.7 Å². The summed E-state index contributed by atoms with van der Waals surface area (Å²) in [6.07, 6.45) is 1.72. The number of para-hydroxylation sites is 1. The van der Waals surface area contributed by atoms with E-state index in [1.165, 1.54) is 6.07 Å². The summed E-state index contributed by atoms with van der Waals surface area (Å²) >= 11 is 0. The van der Waals surface area contributed by atoms with Gasteiger partial charge in [-0.3, -0.25) is 9.80 Å². The summed E-state index contributed by atoms with van der Waals surface area (Å²) in [5.41, 5.74) is 1.97. The number of aryl methyl sites for hydroxylation is 2. The maximum atomic E-state index is 13.2. The van der Waals surface area contributed by atoms with Crippen LogP contribution < -0.4 is 5.01 Å². The van der Waals surface area contributed by atoms with E-state index in [0.717, 1.165) is 18.4 Å². The first-order valence-corrected chi connectivity index (χ1v) is 11.2. The second kappa shape index (κ2) is 7.29. The SMILES string of the molecule is Cc1noc(C)c1CN1N=C(C(=O)N2CCC(C)CC2)S(=O)(=O)c2ccccc21. The molecule has 9 heteroatoms. The Labute approximate surface area is 170 Å². The highest BCUT2D eigenvalue weighted by atomic mass is 32.2. The number of carbonyl (C=O) groups is 1. The van der Waals surface area contributed by atoms with E-state index in [4.69, 9.17) is 4.52 Å². The molecule has 0 saturated carbocycles. The molecule has 154 valence electrons. The number of hydrogen-bond donors (Lipinski definition) is 0. The summed E-state index contributed by atoms with van der Waals surface area (Å²) in [6, 6.07) is 6.62. The zero-order valence-electron chi connectivity index (χ0n) is 16.8. The van der Waals surface area contributed by atoms with E-state index in [1.807, 2.05) is 6.92 Å². The van der Waals surface area contributed by atoms with Gasteiger partial charge in [0.15, 0.2) is 0 Å². The number of hydrogen-bond acceptors (Lipinski definition) is 7. The van der Waals surface area contributed by atoms with Crippen LogP contribution in [0.5, 0.6) is 0 Å². The minimum absolute atomic E-state index is 0.0930. The van der Waals surface area contributed by atoms with Gasteiger partial charge in [-0.15, -0.1) is 0 Å². The number of sulfone groups is 1. The third-order valence-corrected chi connectivity index (χ3v) is 7.33. The fourth-order valence-electron chi connectivity index (χ4n) is 3.72. The number of anilines is 1. The fraction of sp³-hybridized carbons (Fsp3) is 0.450. The Kier molecular flexibility index (Phi) is 4.94. The number of hydrazone groups is 1. The quantitative estimate of drug-likeness (QED) is 0.763. The van der Waals surface area contributed by atoms with Gasteiger partial charge in [0.1, 0.15) is 5.76 Å². The highest BCUT2D eigenvalue weighted by Gasteiger charge is 2.40. The standard InChI is InChI=1S/C20H24N4O4S/c1-13-8-10-23(11-9-13)20(25)19-21-24(12-16-14(2)22-28-15(16)3)17-6-4-5-7-18(17)29(19,26)27/h4-7,13H,8-12H2,1-3H3. The van der Waals surface area contributed by atoms with Crippen LogP contribution in [0.1, 0.15) is 36.8 Å². The number of rotatable bonds is 3. The van der Waals surface area contributed by atoms with E-state index in [0.29, 0.717) is 36.1 Å². The van der Waals surface area contributed by atoms with Crippen molar-refractivity contribution in [1.29, 1.82) is 0 Å². The fourth-order valence-corrected chi connectivity index (χ4v) is 5.20. The van der Waals surface area contributed by atoms with Crippen molar-refractivity contribution in [2.24, 2.45) is 11.0 Å². The van der Waals surface area contributed by atoms with Crippen LogP contribution in [0.3, 0.4) is 0 Å². The molecule has 1 amide bonds. The number of amides is 1. The Morgan fingerprint density at radius 3 is 2.55 bits per heavy atom. The maximum Gasteiger partial charge on any atom is 0.286 e. The molecule has 4 rings (SSSR count). The molecule has 0 atom stereocenters. The van der Waals surface area contributed by atoms with Crippen LogP contribution in [0.15, 0.2) is 38.8 Å². The summed E-state index contributed by atoms with van der Waals surface area (Å²) in [5.74, 6) is 0.636. The van der Waals surface area contributed by atoms with E-state index in [-0.39, 0.29) is 11.4 Å². The minimum atomic E-state index is -4.00. The Hall–Kier alpha value is -2.68. The third kappa shape index (κ3) is 3.43. The molecule has 0 unspecified atom stereocenters. The van der Waals surface area contributed by atoms with Crippen LogP contribution in [-0.2, 0) is 21.2 Å². The van der Waals surface area contributed by atoms with Gasteiger partial charge >= 0.3 is 0 Å². The number of carbonyl (C=O) groups excluding carboxylic acids is 1. The monoisotopic (exact) mass is 416 g/mol. The molecule has 0 spiro atoms. The number of likely N-dealkylation sites (tertiary alicyclic amines) is 1. The van der Waals surface area contributed by atoms with Crippen molar-refractivity contribution in [2.75, 3.05) is 18.1 Å². The summed E-state index contributed by atoms with van der Waals surface area (Å²) in [6.45, 7) is 7.11. The molecule has 2 aliphatic rings. The largest absolute Gasteiger partial charge is 0.361 e. The number of aromatic nitrogens is 1. The molecule has 1 fully saturated rings. The predicted octanol–water partition coefficient (Wildman–Crippen LogP) is 2.66. The molecule has 0 N–H and O–H groups in total. The average Bonchev–Trinajstić information content (AvgIpc) is 3.02. The summed E-state index contributed by atoms with van der Waals surface area (Å²) in [4.78, 5) is 14.8. The van der Waals surface area contributed by atoms with Crippen LogP contribution in [0.4, 0.5) is 5.69 Å². The summed E-state index contributed by atoms with van der Waals surface area (Å²) in [5, 5.41) is 9.43. The summed E-state index contributed by atoms with van der Waals surface area (Å²) < 4.78 is 31.6. The van der Waals surface area contributed by atoms with Crippen molar-refractivity contribution in [2.45, 2.75) is 45.1 Å². The lowest BCUT2D eigenvalue weighted by Gasteiger charge is -2.32. The van der Waals surface area contributed by atoms with Gasteiger partial charge in [0.25, 0.3) is 5.91 Å². The second-order valence-electron chi connectivity index (χ2n) is 7.71. The molecule has 29 heavy (non-hydrogen) atoms. The van der Waals surface area contributed by atoms with Crippen molar-refractivity contribution in [1.82, 2.24) is 10.1 Å². The van der Waals surface area contributed by atoms with Crippen LogP contribution >= 0.6 is 0 Å². The molecule has 3 heterocycles. The molecule has 1 aromatic carbocycles. The highest BCUT2D eigenvalue weighted by molar-refractivity contribution is 8.08. The van der Waals surface area contributed by atoms with Crippen LogP contribution in [0, 0.1) is 19.8 Å². The van der Waals surface area contributed by atoms with E-state index in [9.17, 15) is 13.2 Å². The van der Waals surface area contributed by atoms with E-state index in [2.05, 4.69) is 17.2 Å². The van der Waals surface area contributed by atoms with Crippen LogP contribution in [-0.4, -0.2) is 42.5 Å². The van der Waals surface area contributed by atoms with Gasteiger partial charge in [0.2, 0.25) is 14.9 Å². The van der Waals surface area contributed by atoms with Crippen molar-refractivity contribution >= 4 is 26.5 Å². The average molecular weight is 417 g/mol. The van der Waals surface area contributed by atoms with Crippen molar-refractivity contribution in [3.8, 4) is 0 Å². The molecule has 2 aromatic rings. The van der Waals surface area contributed by atoms with Gasteiger partial charge in [-0.2, -0.15) is 5.10 Å². The molecular weight excluding hydrogens is 392 g/mol. The van der Waals surface area contributed by atoms with Gasteiger partial charge in [-0.25, -0.2) is 8.42 Å². The molecule has 1 aromatic heterocycles. The zero-order valence-corrected chi connectivity index (χ0v) is 17.6. The van der Waals surface area contributed by atoms with E-state index >= 15 is 0 Å². The van der Waals surface area contributed by atoms with Gasteiger partial charge in [0, 0.05) is 18.7 Å². The second-order valence-corrected chi connectivity index (χ2v) is 9.54. The Balaban J connectivity index is 1.76. The number of piperidine rings is 1. The predicted molar refractivity (Wildman–Crippen MR) is 108 cm³/mol. The number of fused-ring (bicyclic) bond motifs is 1. The van der Waals surface area contributed by atoms with Gasteiger partial charge < -0.3 is 9.42 Å². The van der Waals surface area contributed by atoms with Crippen LogP contribution in [0.2, 0.25) is 0 Å². The molecule has 8 nitrogen and oxygen atoms in total. The lowest BCUT2D eigenvalue weighted by Crippen LogP contribution is -2.46. The Bertz CT molecular complexity index is 1060. The smallest absolute Gasteiger partial charge is 0.286 e. The first kappa shape index (κ1) is 19.6. The first-order valence-electron chi connectivity index (χ1n) is 9.70. The normalized spacial score (nSPS) is 19.1. The number of benzene rings is 1. The van der Waals surface area contributed by atoms with Gasteiger partial charge in [0.05, 0.1) is 22.8 Å². The molecule has 2 aliphatic heterocycles. The molecule has 1 saturated heterocycles. The van der Waals surface area contributed by atoms with E-state index < -0.39 is 20.8 Å². The lowest BCUT2D eigenvalue weighted by molar-refractivity contribution is -0.125. The van der Waals surface area contributed by atoms with Crippen LogP contribution in [0.25, 0.3) is 0 Å². The minimum Gasteiger partial charge on any atom is -0.361 e. The van der Waals surface area contributed by atoms with Crippen molar-refractivity contribution in [3.63, 3.8) is 0 Å². The molecule has 0 radical (unpaired) electrons. The highest BCUT2D eigenvalue weighted by Crippen LogP contribution is 2.34. The Morgan fingerprint density at radius 1 is 1.21 bits per heavy atom. The third-order valence-electron chi connectivity index (χ3n) is 5.64. The molecule has 0 bridgehead atoms.